The summed E-state index contributed by atoms with van der Waals surface area (Å²) in [7, 11) is 0. The lowest BCUT2D eigenvalue weighted by molar-refractivity contribution is 0.187. The normalized spacial score (nSPS) is 12.8. The molecule has 1 heterocycles. The van der Waals surface area contributed by atoms with Crippen LogP contribution in [0.2, 0.25) is 0 Å². The Labute approximate surface area is 121 Å². The van der Waals surface area contributed by atoms with Gasteiger partial charge in [-0.15, -0.1) is 0 Å². The van der Waals surface area contributed by atoms with E-state index in [1.165, 1.54) is 6.07 Å². The molecule has 1 aromatic heterocycles. The van der Waals surface area contributed by atoms with E-state index in [-0.39, 0.29) is 5.82 Å². The molecular formula is C16H16FN3O. The van der Waals surface area contributed by atoms with Crippen molar-refractivity contribution in [3.8, 4) is 5.69 Å². The van der Waals surface area contributed by atoms with Crippen LogP contribution in [0.4, 0.5) is 10.1 Å². The van der Waals surface area contributed by atoms with Gasteiger partial charge in [0.2, 0.25) is 0 Å². The molecule has 0 aliphatic rings. The quantitative estimate of drug-likeness (QED) is 0.711. The third-order valence-electron chi connectivity index (χ3n) is 3.56. The summed E-state index contributed by atoms with van der Waals surface area (Å²) >= 11 is 0. The molecule has 1 unspecified atom stereocenters. The van der Waals surface area contributed by atoms with E-state index in [0.717, 1.165) is 5.52 Å². The zero-order valence-electron chi connectivity index (χ0n) is 11.8. The first-order chi connectivity index (χ1) is 9.99. The lowest BCUT2D eigenvalue weighted by Crippen LogP contribution is -2.07. The van der Waals surface area contributed by atoms with Crippen LogP contribution < -0.4 is 5.73 Å². The topological polar surface area (TPSA) is 64.1 Å². The number of hydrogen-bond donors (Lipinski definition) is 2. The maximum absolute atomic E-state index is 13.9. The van der Waals surface area contributed by atoms with Crippen LogP contribution >= 0.6 is 0 Å². The van der Waals surface area contributed by atoms with Crippen molar-refractivity contribution in [1.29, 1.82) is 0 Å². The summed E-state index contributed by atoms with van der Waals surface area (Å²) in [5.41, 5.74) is 9.01. The Morgan fingerprint density at radius 2 is 2.05 bits per heavy atom. The lowest BCUT2D eigenvalue weighted by Gasteiger charge is -2.14. The number of benzene rings is 2. The number of anilines is 1. The molecule has 0 aliphatic carbocycles. The molecule has 0 spiro atoms. The van der Waals surface area contributed by atoms with Crippen LogP contribution in [-0.2, 0) is 0 Å². The molecule has 0 aliphatic heterocycles. The minimum Gasteiger partial charge on any atom is -0.399 e. The lowest BCUT2D eigenvalue weighted by atomic mass is 10.1. The van der Waals surface area contributed by atoms with Gasteiger partial charge in [-0.3, -0.25) is 4.57 Å². The minimum absolute atomic E-state index is 0.290. The predicted molar refractivity (Wildman–Crippen MR) is 80.8 cm³/mol. The van der Waals surface area contributed by atoms with Crippen LogP contribution in [0.3, 0.4) is 0 Å². The summed E-state index contributed by atoms with van der Waals surface area (Å²) in [6.07, 6.45) is -0.777. The van der Waals surface area contributed by atoms with E-state index >= 15 is 0 Å². The summed E-state index contributed by atoms with van der Waals surface area (Å²) in [6.45, 7) is 3.34. The van der Waals surface area contributed by atoms with Gasteiger partial charge in [0.15, 0.2) is 0 Å². The second kappa shape index (κ2) is 4.86. The van der Waals surface area contributed by atoms with Crippen LogP contribution in [0.5, 0.6) is 0 Å². The first kappa shape index (κ1) is 13.6. The van der Waals surface area contributed by atoms with Crippen molar-refractivity contribution < 1.29 is 9.50 Å². The fourth-order valence-corrected chi connectivity index (χ4v) is 2.49. The van der Waals surface area contributed by atoms with Gasteiger partial charge in [-0.2, -0.15) is 0 Å². The molecule has 5 heteroatoms. The molecule has 3 rings (SSSR count). The van der Waals surface area contributed by atoms with Crippen molar-refractivity contribution in [3.05, 3.63) is 53.6 Å². The van der Waals surface area contributed by atoms with Crippen molar-refractivity contribution >= 4 is 16.7 Å². The van der Waals surface area contributed by atoms with Gasteiger partial charge in [0.1, 0.15) is 17.7 Å². The first-order valence-electron chi connectivity index (χ1n) is 6.70. The molecule has 0 fully saturated rings. The third kappa shape index (κ3) is 2.15. The number of aliphatic hydroxyl groups excluding tert-OH is 1. The summed E-state index contributed by atoms with van der Waals surface area (Å²) in [5, 5.41) is 9.99. The molecule has 0 amide bonds. The molecule has 108 valence electrons. The van der Waals surface area contributed by atoms with Crippen LogP contribution in [0.1, 0.15) is 24.4 Å². The van der Waals surface area contributed by atoms with Gasteiger partial charge in [-0.1, -0.05) is 6.07 Å². The van der Waals surface area contributed by atoms with Gasteiger partial charge >= 0.3 is 0 Å². The van der Waals surface area contributed by atoms with Gasteiger partial charge in [-0.25, -0.2) is 9.37 Å². The maximum Gasteiger partial charge on any atom is 0.143 e. The maximum atomic E-state index is 13.9. The second-order valence-electron chi connectivity index (χ2n) is 5.11. The zero-order chi connectivity index (χ0) is 15.1. The summed E-state index contributed by atoms with van der Waals surface area (Å²) < 4.78 is 15.6. The van der Waals surface area contributed by atoms with E-state index in [4.69, 9.17) is 5.73 Å². The molecule has 0 bridgehead atoms. The second-order valence-corrected chi connectivity index (χ2v) is 5.11. The molecule has 2 aromatic carbocycles. The molecular weight excluding hydrogens is 269 g/mol. The Morgan fingerprint density at radius 1 is 1.29 bits per heavy atom. The predicted octanol–water partition coefficient (Wildman–Crippen LogP) is 3.11. The molecule has 3 N–H and O–H groups in total. The zero-order valence-corrected chi connectivity index (χ0v) is 11.8. The number of aromatic nitrogens is 2. The number of rotatable bonds is 2. The van der Waals surface area contributed by atoms with E-state index in [9.17, 15) is 9.50 Å². The fraction of sp³-hybridized carbons (Fsp3) is 0.188. The highest BCUT2D eigenvalue weighted by atomic mass is 19.1. The van der Waals surface area contributed by atoms with Crippen molar-refractivity contribution in [2.45, 2.75) is 20.0 Å². The molecule has 4 nitrogen and oxygen atoms in total. The highest BCUT2D eigenvalue weighted by Gasteiger charge is 2.18. The summed E-state index contributed by atoms with van der Waals surface area (Å²) in [5.74, 6) is 0.172. The smallest absolute Gasteiger partial charge is 0.143 e. The molecule has 0 saturated carbocycles. The van der Waals surface area contributed by atoms with Crippen molar-refractivity contribution in [1.82, 2.24) is 9.55 Å². The Morgan fingerprint density at radius 3 is 2.76 bits per heavy atom. The Balaban J connectivity index is 2.39. The number of nitrogen functional groups attached to an aromatic ring is 1. The number of imidazole rings is 1. The third-order valence-corrected chi connectivity index (χ3v) is 3.56. The Kier molecular flexibility index (Phi) is 3.14. The number of aliphatic hydroxyl groups is 1. The van der Waals surface area contributed by atoms with E-state index < -0.39 is 6.10 Å². The number of nitrogens with two attached hydrogens (primary N) is 1. The molecule has 0 saturated heterocycles. The van der Waals surface area contributed by atoms with Crippen molar-refractivity contribution in [2.24, 2.45) is 0 Å². The SMILES string of the molecule is Cc1c(F)cccc1-n1c(C(C)O)nc2cc(N)ccc21. The molecule has 21 heavy (non-hydrogen) atoms. The molecule has 3 aromatic rings. The Hall–Kier alpha value is -2.40. The van der Waals surface area contributed by atoms with Crippen LogP contribution in [0, 0.1) is 12.7 Å². The van der Waals surface area contributed by atoms with Crippen molar-refractivity contribution in [3.63, 3.8) is 0 Å². The number of halogens is 1. The van der Waals surface area contributed by atoms with E-state index in [2.05, 4.69) is 4.98 Å². The van der Waals surface area contributed by atoms with Crippen molar-refractivity contribution in [2.75, 3.05) is 5.73 Å². The van der Waals surface area contributed by atoms with Gasteiger partial charge in [-0.05, 0) is 44.2 Å². The van der Waals surface area contributed by atoms with Crippen LogP contribution in [0.15, 0.2) is 36.4 Å². The van der Waals surface area contributed by atoms with Gasteiger partial charge in [0.05, 0.1) is 16.7 Å². The van der Waals surface area contributed by atoms with Crippen LogP contribution in [0.25, 0.3) is 16.7 Å². The molecule has 1 atom stereocenters. The van der Waals surface area contributed by atoms with Gasteiger partial charge < -0.3 is 10.8 Å². The monoisotopic (exact) mass is 285 g/mol. The number of hydrogen-bond acceptors (Lipinski definition) is 3. The summed E-state index contributed by atoms with van der Waals surface area (Å²) in [6, 6.07) is 10.2. The average molecular weight is 285 g/mol. The van der Waals surface area contributed by atoms with E-state index in [1.807, 2.05) is 12.1 Å². The first-order valence-corrected chi connectivity index (χ1v) is 6.70. The van der Waals surface area contributed by atoms with E-state index in [0.29, 0.717) is 28.3 Å². The molecule has 0 radical (unpaired) electrons. The average Bonchev–Trinajstić information content (AvgIpc) is 2.80. The fourth-order valence-electron chi connectivity index (χ4n) is 2.49. The van der Waals surface area contributed by atoms with Gasteiger partial charge in [0.25, 0.3) is 0 Å². The minimum atomic E-state index is -0.777. The standard InChI is InChI=1S/C16H16FN3O/c1-9-12(17)4-3-5-14(9)20-15-7-6-11(18)8-13(15)19-16(20)10(2)21/h3-8,10,21H,18H2,1-2H3. The highest BCUT2D eigenvalue weighted by molar-refractivity contribution is 5.82. The number of nitrogens with zero attached hydrogens (tertiary/aromatic N) is 2. The highest BCUT2D eigenvalue weighted by Crippen LogP contribution is 2.28. The Bertz CT molecular complexity index is 824. The number of fused-ring (bicyclic) bond motifs is 1. The summed E-state index contributed by atoms with van der Waals surface area (Å²) in [4.78, 5) is 4.43. The van der Waals surface area contributed by atoms with E-state index in [1.54, 1.807) is 36.6 Å². The van der Waals surface area contributed by atoms with Crippen LogP contribution in [-0.4, -0.2) is 14.7 Å². The van der Waals surface area contributed by atoms with Gasteiger partial charge in [0, 0.05) is 11.3 Å². The largest absolute Gasteiger partial charge is 0.399 e.